The molecular formula is C26H27N3O. The predicted octanol–water partition coefficient (Wildman–Crippen LogP) is 5.46. The number of fused-ring (bicyclic) bond motifs is 4. The van der Waals surface area contributed by atoms with Crippen LogP contribution in [-0.4, -0.2) is 23.9 Å². The molecule has 1 N–H and O–H groups in total. The summed E-state index contributed by atoms with van der Waals surface area (Å²) in [4.78, 5) is 19.7. The van der Waals surface area contributed by atoms with E-state index in [9.17, 15) is 10.1 Å². The highest BCUT2D eigenvalue weighted by molar-refractivity contribution is 6.20. The molecule has 0 spiro atoms. The van der Waals surface area contributed by atoms with Crippen LogP contribution in [0.5, 0.6) is 0 Å². The third-order valence-corrected chi connectivity index (χ3v) is 6.99. The van der Waals surface area contributed by atoms with Crippen LogP contribution < -0.4 is 4.90 Å². The van der Waals surface area contributed by atoms with Crippen LogP contribution in [0.3, 0.4) is 0 Å². The lowest BCUT2D eigenvalue weighted by Gasteiger charge is -2.36. The lowest BCUT2D eigenvalue weighted by atomic mass is 9.70. The number of aromatic nitrogens is 1. The van der Waals surface area contributed by atoms with Crippen molar-refractivity contribution in [1.82, 2.24) is 4.98 Å². The van der Waals surface area contributed by atoms with Crippen molar-refractivity contribution in [3.8, 4) is 6.07 Å². The van der Waals surface area contributed by atoms with Gasteiger partial charge in [-0.25, -0.2) is 0 Å². The monoisotopic (exact) mass is 397 g/mol. The molecule has 1 aliphatic carbocycles. The predicted molar refractivity (Wildman–Crippen MR) is 120 cm³/mol. The summed E-state index contributed by atoms with van der Waals surface area (Å²) in [5, 5.41) is 10.2. The lowest BCUT2D eigenvalue weighted by Crippen LogP contribution is -2.33. The van der Waals surface area contributed by atoms with Crippen molar-refractivity contribution in [2.75, 3.05) is 18.0 Å². The summed E-state index contributed by atoms with van der Waals surface area (Å²) in [5.74, 6) is 0.0928. The van der Waals surface area contributed by atoms with Gasteiger partial charge in [0.25, 0.3) is 0 Å². The van der Waals surface area contributed by atoms with Crippen molar-refractivity contribution < 1.29 is 4.79 Å². The number of hydrogen-bond acceptors (Lipinski definition) is 3. The minimum Gasteiger partial charge on any atom is -0.371 e. The molecule has 0 amide bonds. The Morgan fingerprint density at radius 1 is 1.13 bits per heavy atom. The number of piperidine rings is 1. The van der Waals surface area contributed by atoms with Crippen molar-refractivity contribution in [2.24, 2.45) is 0 Å². The first-order valence-electron chi connectivity index (χ1n) is 11.0. The van der Waals surface area contributed by atoms with Gasteiger partial charge in [-0.05, 0) is 61.1 Å². The summed E-state index contributed by atoms with van der Waals surface area (Å²) < 4.78 is 0. The summed E-state index contributed by atoms with van der Waals surface area (Å²) in [6.45, 7) is 8.75. The normalized spacial score (nSPS) is 17.5. The molecule has 2 heterocycles. The number of aryl methyl sites for hydroxylation is 1. The lowest BCUT2D eigenvalue weighted by molar-refractivity contribution is 0.103. The number of anilines is 1. The summed E-state index contributed by atoms with van der Waals surface area (Å²) in [6.07, 6.45) is 4.68. The summed E-state index contributed by atoms with van der Waals surface area (Å²) in [7, 11) is 0. The van der Waals surface area contributed by atoms with Crippen LogP contribution in [0, 0.1) is 11.3 Å². The Hall–Kier alpha value is -3.06. The van der Waals surface area contributed by atoms with E-state index in [0.29, 0.717) is 5.56 Å². The van der Waals surface area contributed by atoms with Crippen molar-refractivity contribution in [3.05, 3.63) is 63.8 Å². The van der Waals surface area contributed by atoms with Gasteiger partial charge in [-0.2, -0.15) is 5.26 Å². The smallest absolute Gasteiger partial charge is 0.195 e. The van der Waals surface area contributed by atoms with Gasteiger partial charge in [-0.1, -0.05) is 26.8 Å². The molecule has 3 aromatic rings. The molecule has 0 atom stereocenters. The van der Waals surface area contributed by atoms with Gasteiger partial charge < -0.3 is 9.88 Å². The van der Waals surface area contributed by atoms with Crippen molar-refractivity contribution in [3.63, 3.8) is 0 Å². The number of nitriles is 1. The number of nitrogens with one attached hydrogen (secondary N) is 1. The van der Waals surface area contributed by atoms with Crippen LogP contribution in [0.4, 0.5) is 5.69 Å². The summed E-state index contributed by atoms with van der Waals surface area (Å²) in [6, 6.07) is 12.2. The highest BCUT2D eigenvalue weighted by Crippen LogP contribution is 2.45. The first-order valence-corrected chi connectivity index (χ1v) is 11.0. The average Bonchev–Trinajstić information content (AvgIpc) is 3.17. The zero-order chi connectivity index (χ0) is 21.0. The van der Waals surface area contributed by atoms with E-state index in [1.165, 1.54) is 30.5 Å². The van der Waals surface area contributed by atoms with Crippen molar-refractivity contribution in [1.29, 1.82) is 5.26 Å². The molecule has 1 saturated heterocycles. The summed E-state index contributed by atoms with van der Waals surface area (Å²) in [5.41, 5.74) is 7.35. The summed E-state index contributed by atoms with van der Waals surface area (Å²) >= 11 is 0. The molecule has 0 radical (unpaired) electrons. The molecule has 30 heavy (non-hydrogen) atoms. The largest absolute Gasteiger partial charge is 0.371 e. The molecule has 1 fully saturated rings. The Kier molecular flexibility index (Phi) is 4.25. The van der Waals surface area contributed by atoms with Gasteiger partial charge >= 0.3 is 0 Å². The van der Waals surface area contributed by atoms with E-state index in [1.54, 1.807) is 6.07 Å². The molecule has 1 aromatic heterocycles. The van der Waals surface area contributed by atoms with E-state index in [2.05, 4.69) is 48.9 Å². The maximum atomic E-state index is 13.7. The number of carbonyl (C=O) groups is 1. The van der Waals surface area contributed by atoms with Crippen molar-refractivity contribution >= 4 is 22.4 Å². The molecular weight excluding hydrogens is 370 g/mol. The van der Waals surface area contributed by atoms with E-state index < -0.39 is 0 Å². The number of benzene rings is 2. The number of H-pyrrole nitrogens is 1. The second kappa shape index (κ2) is 6.74. The molecule has 0 saturated carbocycles. The molecule has 0 bridgehead atoms. The van der Waals surface area contributed by atoms with Gasteiger partial charge in [0.1, 0.15) is 0 Å². The number of carbonyl (C=O) groups excluding carboxylic acids is 1. The van der Waals surface area contributed by atoms with Gasteiger partial charge in [0.15, 0.2) is 5.78 Å². The Morgan fingerprint density at radius 3 is 2.60 bits per heavy atom. The molecule has 5 rings (SSSR count). The van der Waals surface area contributed by atoms with Crippen LogP contribution in [0.2, 0.25) is 0 Å². The Bertz CT molecular complexity index is 1220. The SMILES string of the molecule is CCc1cc2c(cc1N1CCCCC1)C(C)(C)c1[nH]c3cc(C#N)ccc3c1C2=O. The topological polar surface area (TPSA) is 59.9 Å². The van der Waals surface area contributed by atoms with E-state index in [0.717, 1.165) is 52.8 Å². The molecule has 152 valence electrons. The highest BCUT2D eigenvalue weighted by atomic mass is 16.1. The number of hydrogen-bond donors (Lipinski definition) is 1. The number of ketones is 1. The minimum atomic E-state index is -0.318. The molecule has 2 aliphatic rings. The number of aromatic amines is 1. The second-order valence-electron chi connectivity index (χ2n) is 9.13. The van der Waals surface area contributed by atoms with Crippen LogP contribution >= 0.6 is 0 Å². The molecule has 0 unspecified atom stereocenters. The maximum absolute atomic E-state index is 13.7. The fourth-order valence-electron chi connectivity index (χ4n) is 5.29. The van der Waals surface area contributed by atoms with Gasteiger partial charge in [0, 0.05) is 46.4 Å². The van der Waals surface area contributed by atoms with E-state index >= 15 is 0 Å². The van der Waals surface area contributed by atoms with Gasteiger partial charge in [-0.3, -0.25) is 4.79 Å². The average molecular weight is 398 g/mol. The van der Waals surface area contributed by atoms with Crippen LogP contribution in [-0.2, 0) is 11.8 Å². The Labute approximate surface area is 177 Å². The zero-order valence-electron chi connectivity index (χ0n) is 17.9. The zero-order valence-corrected chi connectivity index (χ0v) is 17.9. The van der Waals surface area contributed by atoms with Gasteiger partial charge in [0.05, 0.1) is 17.2 Å². The fourth-order valence-corrected chi connectivity index (χ4v) is 5.29. The number of rotatable bonds is 2. The fraction of sp³-hybridized carbons (Fsp3) is 0.385. The second-order valence-corrected chi connectivity index (χ2v) is 9.13. The van der Waals surface area contributed by atoms with E-state index in [4.69, 9.17) is 0 Å². The first kappa shape index (κ1) is 18.9. The number of nitrogens with zero attached hydrogens (tertiary/aromatic N) is 2. The quantitative estimate of drug-likeness (QED) is 0.624. The Morgan fingerprint density at radius 2 is 1.90 bits per heavy atom. The third kappa shape index (κ3) is 2.61. The van der Waals surface area contributed by atoms with Gasteiger partial charge in [0.2, 0.25) is 0 Å². The van der Waals surface area contributed by atoms with Crippen LogP contribution in [0.15, 0.2) is 30.3 Å². The van der Waals surface area contributed by atoms with Crippen LogP contribution in [0.1, 0.15) is 78.3 Å². The molecule has 4 nitrogen and oxygen atoms in total. The maximum Gasteiger partial charge on any atom is 0.195 e. The standard InChI is InChI=1S/C26H27N3O/c1-4-17-13-19-20(14-22(17)29-10-6-5-7-11-29)26(2,3)25-23(24(19)30)18-9-8-16(15-27)12-21(18)28-25/h8-9,12-14,28H,4-7,10-11H2,1-3H3. The molecule has 4 heteroatoms. The molecule has 2 aromatic carbocycles. The highest BCUT2D eigenvalue weighted by Gasteiger charge is 2.40. The van der Waals surface area contributed by atoms with Gasteiger partial charge in [-0.15, -0.1) is 0 Å². The molecule has 1 aliphatic heterocycles. The van der Waals surface area contributed by atoms with E-state index in [-0.39, 0.29) is 11.2 Å². The minimum absolute atomic E-state index is 0.0928. The first-order chi connectivity index (χ1) is 14.5. The third-order valence-electron chi connectivity index (χ3n) is 6.99. The Balaban J connectivity index is 1.73. The van der Waals surface area contributed by atoms with Crippen LogP contribution in [0.25, 0.3) is 10.9 Å². The van der Waals surface area contributed by atoms with E-state index in [1.807, 2.05) is 12.1 Å². The van der Waals surface area contributed by atoms with Crippen molar-refractivity contribution in [2.45, 2.75) is 51.9 Å².